The van der Waals surface area contributed by atoms with Crippen molar-refractivity contribution in [1.82, 2.24) is 0 Å². The van der Waals surface area contributed by atoms with E-state index in [-0.39, 0.29) is 12.2 Å². The number of anilines is 1. The molecule has 0 radical (unpaired) electrons. The molecule has 0 spiro atoms. The fourth-order valence-corrected chi connectivity index (χ4v) is 5.45. The third-order valence-electron chi connectivity index (χ3n) is 3.34. The first-order chi connectivity index (χ1) is 12.4. The summed E-state index contributed by atoms with van der Waals surface area (Å²) in [5.74, 6) is -0.236. The SMILES string of the molecule is C=CCS(=O)(=O)c1cc(NCc2ccco2)c(S(=O)(=O)O)cc1S(N)(=O)=O. The zero-order valence-corrected chi connectivity index (χ0v) is 16.1. The van der Waals surface area contributed by atoms with Crippen LogP contribution in [-0.4, -0.2) is 35.6 Å². The molecule has 0 aliphatic rings. The summed E-state index contributed by atoms with van der Waals surface area (Å²) in [7, 11) is -13.7. The molecule has 0 aliphatic carbocycles. The summed E-state index contributed by atoms with van der Waals surface area (Å²) in [6, 6.07) is 4.41. The van der Waals surface area contributed by atoms with E-state index < -0.39 is 50.4 Å². The fourth-order valence-electron chi connectivity index (χ4n) is 2.20. The molecule has 0 bridgehead atoms. The van der Waals surface area contributed by atoms with Gasteiger partial charge in [0.15, 0.2) is 9.84 Å². The van der Waals surface area contributed by atoms with Crippen LogP contribution in [0, 0.1) is 0 Å². The van der Waals surface area contributed by atoms with Crippen molar-refractivity contribution in [2.45, 2.75) is 21.2 Å². The van der Waals surface area contributed by atoms with Gasteiger partial charge in [0.25, 0.3) is 10.1 Å². The van der Waals surface area contributed by atoms with E-state index in [1.807, 2.05) is 0 Å². The molecule has 1 aromatic carbocycles. The number of nitrogens with one attached hydrogen (secondary N) is 1. The van der Waals surface area contributed by atoms with Gasteiger partial charge in [-0.25, -0.2) is 22.0 Å². The Morgan fingerprint density at radius 3 is 2.26 bits per heavy atom. The van der Waals surface area contributed by atoms with Crippen LogP contribution in [0.3, 0.4) is 0 Å². The van der Waals surface area contributed by atoms with Crippen molar-refractivity contribution >= 4 is 35.7 Å². The summed E-state index contributed by atoms with van der Waals surface area (Å²) in [5.41, 5.74) is -0.344. The monoisotopic (exact) mass is 436 g/mol. The third kappa shape index (κ3) is 4.95. The lowest BCUT2D eigenvalue weighted by molar-refractivity contribution is 0.482. The summed E-state index contributed by atoms with van der Waals surface area (Å²) < 4.78 is 86.3. The predicted octanol–water partition coefficient (Wildman–Crippen LogP) is 0.746. The highest BCUT2D eigenvalue weighted by molar-refractivity contribution is 7.93. The van der Waals surface area contributed by atoms with Crippen LogP contribution in [0.5, 0.6) is 0 Å². The molecule has 0 aliphatic heterocycles. The minimum Gasteiger partial charge on any atom is -0.467 e. The number of hydrogen-bond donors (Lipinski definition) is 3. The molecule has 13 heteroatoms. The van der Waals surface area contributed by atoms with Crippen LogP contribution in [0.2, 0.25) is 0 Å². The Morgan fingerprint density at radius 1 is 1.11 bits per heavy atom. The van der Waals surface area contributed by atoms with Gasteiger partial charge in [0.1, 0.15) is 15.6 Å². The van der Waals surface area contributed by atoms with Gasteiger partial charge < -0.3 is 9.73 Å². The van der Waals surface area contributed by atoms with E-state index in [0.717, 1.165) is 12.1 Å². The maximum atomic E-state index is 12.4. The van der Waals surface area contributed by atoms with E-state index in [0.29, 0.717) is 11.8 Å². The Kier molecular flexibility index (Phi) is 5.82. The van der Waals surface area contributed by atoms with E-state index in [9.17, 15) is 29.8 Å². The number of sulfonamides is 1. The maximum absolute atomic E-state index is 12.4. The van der Waals surface area contributed by atoms with Crippen LogP contribution in [0.25, 0.3) is 0 Å². The van der Waals surface area contributed by atoms with Gasteiger partial charge in [-0.15, -0.1) is 6.58 Å². The Labute approximate surface area is 156 Å². The van der Waals surface area contributed by atoms with Gasteiger partial charge in [0.2, 0.25) is 10.0 Å². The second-order valence-electron chi connectivity index (χ2n) is 5.32. The van der Waals surface area contributed by atoms with Crippen molar-refractivity contribution in [3.8, 4) is 0 Å². The summed E-state index contributed by atoms with van der Waals surface area (Å²) in [6.07, 6.45) is 2.40. The lowest BCUT2D eigenvalue weighted by Crippen LogP contribution is -2.20. The van der Waals surface area contributed by atoms with Gasteiger partial charge in [-0.3, -0.25) is 4.55 Å². The quantitative estimate of drug-likeness (QED) is 0.398. The smallest absolute Gasteiger partial charge is 0.296 e. The first-order valence-corrected chi connectivity index (χ1v) is 11.8. The van der Waals surface area contributed by atoms with Crippen molar-refractivity contribution < 1.29 is 34.2 Å². The lowest BCUT2D eigenvalue weighted by Gasteiger charge is -2.15. The molecule has 0 atom stereocenters. The average Bonchev–Trinajstić information content (AvgIpc) is 3.03. The molecule has 10 nitrogen and oxygen atoms in total. The molecule has 4 N–H and O–H groups in total. The molecular formula is C14H16N2O8S3. The second-order valence-corrected chi connectivity index (χ2v) is 10.2. The highest BCUT2D eigenvalue weighted by Crippen LogP contribution is 2.32. The Hall–Kier alpha value is -2.19. The molecule has 0 amide bonds. The maximum Gasteiger partial charge on any atom is 0.296 e. The topological polar surface area (TPSA) is 174 Å². The Morgan fingerprint density at radius 2 is 1.78 bits per heavy atom. The summed E-state index contributed by atoms with van der Waals surface area (Å²) >= 11 is 0. The largest absolute Gasteiger partial charge is 0.467 e. The molecule has 0 fully saturated rings. The summed E-state index contributed by atoms with van der Waals surface area (Å²) in [5, 5.41) is 7.63. The number of nitrogens with two attached hydrogens (primary N) is 1. The van der Waals surface area contributed by atoms with Crippen molar-refractivity contribution in [3.63, 3.8) is 0 Å². The van der Waals surface area contributed by atoms with E-state index in [2.05, 4.69) is 11.9 Å². The van der Waals surface area contributed by atoms with Gasteiger partial charge in [0, 0.05) is 0 Å². The number of primary sulfonamides is 1. The molecule has 0 saturated heterocycles. The summed E-state index contributed by atoms with van der Waals surface area (Å²) in [4.78, 5) is -2.53. The van der Waals surface area contributed by atoms with E-state index in [1.54, 1.807) is 12.1 Å². The lowest BCUT2D eigenvalue weighted by atomic mass is 10.3. The van der Waals surface area contributed by atoms with E-state index in [4.69, 9.17) is 9.56 Å². The van der Waals surface area contributed by atoms with Crippen LogP contribution in [-0.2, 0) is 36.5 Å². The van der Waals surface area contributed by atoms with Crippen LogP contribution < -0.4 is 10.5 Å². The highest BCUT2D eigenvalue weighted by atomic mass is 32.2. The normalized spacial score (nSPS) is 12.7. The molecule has 27 heavy (non-hydrogen) atoms. The van der Waals surface area contributed by atoms with Crippen LogP contribution in [0.1, 0.15) is 5.76 Å². The molecule has 0 unspecified atom stereocenters. The zero-order chi connectivity index (χ0) is 20.5. The van der Waals surface area contributed by atoms with Gasteiger partial charge >= 0.3 is 0 Å². The number of furan rings is 1. The molecule has 2 rings (SSSR count). The number of hydrogen-bond acceptors (Lipinski definition) is 8. The van der Waals surface area contributed by atoms with Crippen LogP contribution >= 0.6 is 0 Å². The first kappa shape index (κ1) is 21.1. The molecular weight excluding hydrogens is 420 g/mol. The molecule has 1 aromatic heterocycles. The van der Waals surface area contributed by atoms with Crippen molar-refractivity contribution in [2.75, 3.05) is 11.1 Å². The van der Waals surface area contributed by atoms with E-state index in [1.165, 1.54) is 6.26 Å². The van der Waals surface area contributed by atoms with Crippen molar-refractivity contribution in [1.29, 1.82) is 0 Å². The Bertz CT molecular complexity index is 1170. The number of rotatable bonds is 8. The van der Waals surface area contributed by atoms with E-state index >= 15 is 0 Å². The molecule has 148 valence electrons. The highest BCUT2D eigenvalue weighted by Gasteiger charge is 2.29. The van der Waals surface area contributed by atoms with Gasteiger partial charge in [-0.2, -0.15) is 8.42 Å². The molecule has 1 heterocycles. The van der Waals surface area contributed by atoms with Gasteiger partial charge in [0.05, 0.1) is 29.1 Å². The average molecular weight is 436 g/mol. The third-order valence-corrected chi connectivity index (χ3v) is 6.99. The van der Waals surface area contributed by atoms with Crippen LogP contribution in [0.15, 0.2) is 62.3 Å². The van der Waals surface area contributed by atoms with Crippen LogP contribution in [0.4, 0.5) is 5.69 Å². The summed E-state index contributed by atoms with van der Waals surface area (Å²) in [6.45, 7) is 3.22. The fraction of sp³-hybridized carbons (Fsp3) is 0.143. The molecule has 0 saturated carbocycles. The minimum absolute atomic E-state index is 0.0643. The van der Waals surface area contributed by atoms with Crippen molar-refractivity contribution in [2.24, 2.45) is 5.14 Å². The number of benzene rings is 1. The second kappa shape index (κ2) is 7.44. The minimum atomic E-state index is -4.91. The Balaban J connectivity index is 2.75. The first-order valence-electron chi connectivity index (χ1n) is 7.14. The number of sulfone groups is 1. The molecule has 2 aromatic rings. The van der Waals surface area contributed by atoms with Gasteiger partial charge in [-0.05, 0) is 24.3 Å². The standard InChI is InChI=1S/C14H16N2O8S3/c1-2-6-25(17,18)13-7-11(16-9-10-4-3-5-24-10)12(27(21,22)23)8-14(13)26(15,19)20/h2-5,7-8,16H,1,6,9H2,(H2,15,19,20)(H,21,22,23). The van der Waals surface area contributed by atoms with Crippen molar-refractivity contribution in [3.05, 3.63) is 48.9 Å². The van der Waals surface area contributed by atoms with Gasteiger partial charge in [-0.1, -0.05) is 6.08 Å². The zero-order valence-electron chi connectivity index (χ0n) is 13.7. The predicted molar refractivity (Wildman–Crippen MR) is 95.9 cm³/mol.